The van der Waals surface area contributed by atoms with Gasteiger partial charge in [0.1, 0.15) is 0 Å². The highest BCUT2D eigenvalue weighted by molar-refractivity contribution is 7.79. The molecule has 84 valence electrons. The third-order valence-electron chi connectivity index (χ3n) is 3.40. The number of hydrogen-bond donors (Lipinski definition) is 0. The van der Waals surface area contributed by atoms with Crippen molar-refractivity contribution in [1.82, 2.24) is 0 Å². The molecule has 1 aliphatic rings. The minimum absolute atomic E-state index is 0.230. The maximum atomic E-state index is 5.22. The molecule has 0 radical (unpaired) electrons. The lowest BCUT2D eigenvalue weighted by atomic mass is 9.86. The smallest absolute Gasteiger partial charge is 0.0450 e. The van der Waals surface area contributed by atoms with Crippen molar-refractivity contribution < 1.29 is 0 Å². The van der Waals surface area contributed by atoms with Gasteiger partial charge in [0.05, 0.1) is 0 Å². The van der Waals surface area contributed by atoms with Gasteiger partial charge >= 0.3 is 0 Å². The van der Waals surface area contributed by atoms with E-state index in [1.54, 1.807) is 0 Å². The van der Waals surface area contributed by atoms with Crippen molar-refractivity contribution in [2.45, 2.75) is 5.92 Å². The molecule has 2 aromatic carbocycles. The molecular formula is C15H13NS. The van der Waals surface area contributed by atoms with Crippen LogP contribution in [0.1, 0.15) is 17.0 Å². The summed E-state index contributed by atoms with van der Waals surface area (Å²) in [5.74, 6) is 0.230. The Labute approximate surface area is 107 Å². The van der Waals surface area contributed by atoms with E-state index in [0.29, 0.717) is 0 Å². The molecule has 0 aromatic heterocycles. The molecule has 0 fully saturated rings. The van der Waals surface area contributed by atoms with Crippen LogP contribution in [0.25, 0.3) is 0 Å². The minimum atomic E-state index is 0.230. The topological polar surface area (TPSA) is 3.24 Å². The van der Waals surface area contributed by atoms with Gasteiger partial charge in [-0.2, -0.15) is 0 Å². The molecule has 0 saturated heterocycles. The summed E-state index contributed by atoms with van der Waals surface area (Å²) in [5.41, 5.74) is 5.09. The highest BCUT2D eigenvalue weighted by Crippen LogP contribution is 2.43. The number of hydrogen-bond acceptors (Lipinski definition) is 2. The van der Waals surface area contributed by atoms with Gasteiger partial charge in [-0.1, -0.05) is 48.6 Å². The Morgan fingerprint density at radius 3 is 1.88 bits per heavy atom. The molecule has 3 rings (SSSR count). The van der Waals surface area contributed by atoms with E-state index in [-0.39, 0.29) is 5.92 Å². The third-order valence-corrected chi connectivity index (χ3v) is 3.67. The van der Waals surface area contributed by atoms with Crippen LogP contribution in [0.15, 0.2) is 48.5 Å². The summed E-state index contributed by atoms with van der Waals surface area (Å²) in [5, 5.41) is 1.87. The first kappa shape index (κ1) is 10.5. The number of para-hydroxylation sites is 2. The molecule has 2 heteroatoms. The van der Waals surface area contributed by atoms with Crippen LogP contribution in [-0.4, -0.2) is 12.4 Å². The maximum Gasteiger partial charge on any atom is 0.0450 e. The second kappa shape index (κ2) is 3.97. The Morgan fingerprint density at radius 1 is 0.941 bits per heavy atom. The van der Waals surface area contributed by atoms with Gasteiger partial charge < -0.3 is 4.90 Å². The zero-order valence-electron chi connectivity index (χ0n) is 9.63. The minimum Gasteiger partial charge on any atom is -0.344 e. The van der Waals surface area contributed by atoms with Crippen LogP contribution in [0.3, 0.4) is 0 Å². The predicted octanol–water partition coefficient (Wildman–Crippen LogP) is 3.90. The fraction of sp³-hybridized carbons (Fsp3) is 0.133. The molecule has 0 bridgehead atoms. The zero-order valence-corrected chi connectivity index (χ0v) is 10.4. The van der Waals surface area contributed by atoms with Gasteiger partial charge in [-0.05, 0) is 28.6 Å². The van der Waals surface area contributed by atoms with Gasteiger partial charge in [0.2, 0.25) is 0 Å². The molecule has 0 aliphatic carbocycles. The van der Waals surface area contributed by atoms with Crippen LogP contribution in [0.5, 0.6) is 0 Å². The van der Waals surface area contributed by atoms with Crippen molar-refractivity contribution >= 4 is 29.0 Å². The summed E-state index contributed by atoms with van der Waals surface area (Å²) in [6, 6.07) is 16.9. The molecular weight excluding hydrogens is 226 g/mol. The summed E-state index contributed by atoms with van der Waals surface area (Å²) in [6.07, 6.45) is 0. The average molecular weight is 239 g/mol. The summed E-state index contributed by atoms with van der Waals surface area (Å²) >= 11 is 5.22. The Kier molecular flexibility index (Phi) is 2.45. The lowest BCUT2D eigenvalue weighted by Gasteiger charge is -2.33. The maximum absolute atomic E-state index is 5.22. The van der Waals surface area contributed by atoms with Crippen molar-refractivity contribution in [3.8, 4) is 0 Å². The van der Waals surface area contributed by atoms with Crippen molar-refractivity contribution in [3.05, 3.63) is 59.7 Å². The van der Waals surface area contributed by atoms with E-state index in [0.717, 1.165) is 0 Å². The quantitative estimate of drug-likeness (QED) is 0.694. The van der Waals surface area contributed by atoms with E-state index in [2.05, 4.69) is 60.5 Å². The van der Waals surface area contributed by atoms with Gasteiger partial charge in [0.15, 0.2) is 0 Å². The molecule has 0 spiro atoms. The second-order valence-electron chi connectivity index (χ2n) is 4.29. The van der Waals surface area contributed by atoms with Crippen LogP contribution in [0, 0.1) is 0 Å². The lowest BCUT2D eigenvalue weighted by molar-refractivity contribution is 1.02. The first-order valence-corrected chi connectivity index (χ1v) is 6.17. The van der Waals surface area contributed by atoms with E-state index in [4.69, 9.17) is 12.2 Å². The number of benzene rings is 2. The molecule has 1 aliphatic heterocycles. The standard InChI is InChI=1S/C15H13NS/c1-16-14-8-4-2-6-11(14)13(10-17)12-7-3-5-9-15(12)16/h2-10,13H,1H3. The Bertz CT molecular complexity index is 529. The number of thiocarbonyl (C=S) groups is 1. The normalized spacial score (nSPS) is 14.1. The summed E-state index contributed by atoms with van der Waals surface area (Å²) < 4.78 is 0. The third kappa shape index (κ3) is 1.48. The molecule has 0 unspecified atom stereocenters. The molecule has 0 amide bonds. The highest BCUT2D eigenvalue weighted by atomic mass is 32.1. The zero-order chi connectivity index (χ0) is 11.8. The first-order valence-electron chi connectivity index (χ1n) is 5.70. The van der Waals surface area contributed by atoms with E-state index in [9.17, 15) is 0 Å². The Hall–Kier alpha value is -1.67. The van der Waals surface area contributed by atoms with Crippen molar-refractivity contribution in [2.75, 3.05) is 11.9 Å². The molecule has 1 heterocycles. The summed E-state index contributed by atoms with van der Waals surface area (Å²) in [6.45, 7) is 0. The predicted molar refractivity (Wildman–Crippen MR) is 76.4 cm³/mol. The largest absolute Gasteiger partial charge is 0.344 e. The molecule has 0 saturated carbocycles. The SMILES string of the molecule is CN1c2ccccc2C(C=S)c2ccccc21. The molecule has 0 atom stereocenters. The van der Waals surface area contributed by atoms with Gasteiger partial charge in [0.25, 0.3) is 0 Å². The van der Waals surface area contributed by atoms with E-state index < -0.39 is 0 Å². The molecule has 2 aromatic rings. The average Bonchev–Trinajstić information content (AvgIpc) is 2.40. The lowest BCUT2D eigenvalue weighted by Crippen LogP contribution is -2.21. The Morgan fingerprint density at radius 2 is 1.41 bits per heavy atom. The number of anilines is 2. The fourth-order valence-electron chi connectivity index (χ4n) is 2.56. The van der Waals surface area contributed by atoms with Crippen LogP contribution in [-0.2, 0) is 0 Å². The number of fused-ring (bicyclic) bond motifs is 2. The number of nitrogens with zero attached hydrogens (tertiary/aromatic N) is 1. The summed E-state index contributed by atoms with van der Waals surface area (Å²) in [7, 11) is 2.11. The van der Waals surface area contributed by atoms with E-state index >= 15 is 0 Å². The van der Waals surface area contributed by atoms with Gasteiger partial charge in [0, 0.05) is 24.3 Å². The molecule has 1 nitrogen and oxygen atoms in total. The second-order valence-corrected chi connectivity index (χ2v) is 4.56. The summed E-state index contributed by atoms with van der Waals surface area (Å²) in [4.78, 5) is 2.24. The van der Waals surface area contributed by atoms with Crippen LogP contribution < -0.4 is 4.90 Å². The fourth-order valence-corrected chi connectivity index (χ4v) is 2.85. The number of rotatable bonds is 1. The van der Waals surface area contributed by atoms with Crippen LogP contribution in [0.4, 0.5) is 11.4 Å². The van der Waals surface area contributed by atoms with Crippen molar-refractivity contribution in [2.24, 2.45) is 0 Å². The van der Waals surface area contributed by atoms with E-state index in [1.165, 1.54) is 22.5 Å². The van der Waals surface area contributed by atoms with Crippen molar-refractivity contribution in [1.29, 1.82) is 0 Å². The first-order chi connectivity index (χ1) is 8.33. The van der Waals surface area contributed by atoms with Gasteiger partial charge in [-0.15, -0.1) is 0 Å². The van der Waals surface area contributed by atoms with Crippen LogP contribution >= 0.6 is 12.2 Å². The van der Waals surface area contributed by atoms with Gasteiger partial charge in [-0.25, -0.2) is 0 Å². The molecule has 0 N–H and O–H groups in total. The van der Waals surface area contributed by atoms with Crippen LogP contribution in [0.2, 0.25) is 0 Å². The monoisotopic (exact) mass is 239 g/mol. The van der Waals surface area contributed by atoms with Gasteiger partial charge in [-0.3, -0.25) is 0 Å². The Balaban J connectivity index is 2.29. The molecule has 17 heavy (non-hydrogen) atoms. The van der Waals surface area contributed by atoms with Crippen molar-refractivity contribution in [3.63, 3.8) is 0 Å². The highest BCUT2D eigenvalue weighted by Gasteiger charge is 2.26. The van der Waals surface area contributed by atoms with E-state index in [1.807, 2.05) is 5.37 Å².